The number of carboxylic acids is 1. The van der Waals surface area contributed by atoms with Gasteiger partial charge in [0.05, 0.1) is 6.61 Å². The van der Waals surface area contributed by atoms with Gasteiger partial charge in [-0.25, -0.2) is 9.59 Å². The van der Waals surface area contributed by atoms with Crippen LogP contribution in [-0.2, 0) is 14.3 Å². The van der Waals surface area contributed by atoms with Crippen molar-refractivity contribution >= 4 is 24.6 Å². The number of rotatable bonds is 5. The van der Waals surface area contributed by atoms with Gasteiger partial charge in [0.25, 0.3) is 0 Å². The number of aliphatic carboxylic acids is 1. The molecule has 0 fully saturated rings. The summed E-state index contributed by atoms with van der Waals surface area (Å²) in [6.45, 7) is 0.270. The van der Waals surface area contributed by atoms with Crippen LogP contribution < -0.4 is 0 Å². The number of ether oxygens (including phenoxy) is 1. The van der Waals surface area contributed by atoms with E-state index in [1.54, 1.807) is 0 Å². The van der Waals surface area contributed by atoms with E-state index in [1.165, 1.54) is 0 Å². The fourth-order valence-corrected chi connectivity index (χ4v) is 0.554. The molecule has 1 N–H and O–H groups in total. The molecule has 0 aliphatic rings. The highest BCUT2D eigenvalue weighted by Crippen LogP contribution is 1.87. The van der Waals surface area contributed by atoms with Crippen LogP contribution in [0.15, 0.2) is 12.2 Å². The van der Waals surface area contributed by atoms with E-state index >= 15 is 0 Å². The molecule has 0 aromatic heterocycles. The van der Waals surface area contributed by atoms with E-state index in [-0.39, 0.29) is 6.61 Å². The van der Waals surface area contributed by atoms with Crippen molar-refractivity contribution in [2.75, 3.05) is 12.4 Å². The monoisotopic (exact) mass is 190 g/mol. The molecule has 0 aliphatic heterocycles. The summed E-state index contributed by atoms with van der Waals surface area (Å²) < 4.78 is 4.59. The lowest BCUT2D eigenvalue weighted by atomic mass is 10.5. The molecule has 0 saturated carbocycles. The number of hydrogen-bond acceptors (Lipinski definition) is 4. The van der Waals surface area contributed by atoms with Gasteiger partial charge in [0, 0.05) is 12.2 Å². The highest BCUT2D eigenvalue weighted by Gasteiger charge is 1.96. The Morgan fingerprint density at radius 1 is 1.42 bits per heavy atom. The third kappa shape index (κ3) is 7.14. The van der Waals surface area contributed by atoms with Crippen molar-refractivity contribution in [3.05, 3.63) is 12.2 Å². The molecule has 5 heteroatoms. The van der Waals surface area contributed by atoms with Crippen LogP contribution in [0.4, 0.5) is 0 Å². The maximum absolute atomic E-state index is 10.6. The van der Waals surface area contributed by atoms with E-state index in [0.717, 1.165) is 12.2 Å². The van der Waals surface area contributed by atoms with E-state index < -0.39 is 11.9 Å². The Bertz CT molecular complexity index is 188. The van der Waals surface area contributed by atoms with Gasteiger partial charge in [-0.05, 0) is 12.2 Å². The lowest BCUT2D eigenvalue weighted by Crippen LogP contribution is -2.03. The number of esters is 1. The minimum absolute atomic E-state index is 0.270. The van der Waals surface area contributed by atoms with Crippen LogP contribution in [0, 0.1) is 0 Å². The zero-order valence-electron chi connectivity index (χ0n) is 6.40. The SMILES string of the molecule is O=C(O)C=CC(=O)OCCCS. The van der Waals surface area contributed by atoms with Crippen molar-refractivity contribution in [2.45, 2.75) is 6.42 Å². The first-order chi connectivity index (χ1) is 5.66. The third-order valence-corrected chi connectivity index (χ3v) is 1.22. The van der Waals surface area contributed by atoms with Crippen molar-refractivity contribution in [3.8, 4) is 0 Å². The Kier molecular flexibility index (Phi) is 6.18. The molecule has 0 heterocycles. The first-order valence-corrected chi connectivity index (χ1v) is 3.98. The summed E-state index contributed by atoms with van der Waals surface area (Å²) in [4.78, 5) is 20.6. The fourth-order valence-electron chi connectivity index (χ4n) is 0.425. The molecule has 0 spiro atoms. The number of thiol groups is 1. The summed E-state index contributed by atoms with van der Waals surface area (Å²) >= 11 is 3.90. The average Bonchev–Trinajstić information content (AvgIpc) is 2.01. The van der Waals surface area contributed by atoms with E-state index in [1.807, 2.05) is 0 Å². The van der Waals surface area contributed by atoms with Crippen molar-refractivity contribution < 1.29 is 19.4 Å². The van der Waals surface area contributed by atoms with E-state index in [9.17, 15) is 9.59 Å². The number of carbonyl (C=O) groups is 2. The average molecular weight is 190 g/mol. The molecule has 0 amide bonds. The maximum Gasteiger partial charge on any atom is 0.331 e. The van der Waals surface area contributed by atoms with Gasteiger partial charge in [-0.2, -0.15) is 12.6 Å². The van der Waals surface area contributed by atoms with Gasteiger partial charge in [0.2, 0.25) is 0 Å². The lowest BCUT2D eigenvalue weighted by Gasteiger charge is -1.97. The summed E-state index contributed by atoms with van der Waals surface area (Å²) in [7, 11) is 0. The molecular weight excluding hydrogens is 180 g/mol. The molecule has 0 bridgehead atoms. The van der Waals surface area contributed by atoms with Gasteiger partial charge >= 0.3 is 11.9 Å². The minimum Gasteiger partial charge on any atom is -0.478 e. The van der Waals surface area contributed by atoms with Crippen molar-refractivity contribution in [1.82, 2.24) is 0 Å². The molecule has 0 atom stereocenters. The second-order valence-electron chi connectivity index (χ2n) is 1.92. The molecule has 0 aromatic carbocycles. The summed E-state index contributed by atoms with van der Waals surface area (Å²) in [5.74, 6) is -1.17. The quantitative estimate of drug-likeness (QED) is 0.286. The van der Waals surface area contributed by atoms with E-state index in [2.05, 4.69) is 17.4 Å². The minimum atomic E-state index is -1.17. The predicted molar refractivity (Wildman–Crippen MR) is 46.2 cm³/mol. The van der Waals surface area contributed by atoms with Crippen LogP contribution >= 0.6 is 12.6 Å². The summed E-state index contributed by atoms with van der Waals surface area (Å²) in [5, 5.41) is 8.13. The molecular formula is C7H10O4S. The first-order valence-electron chi connectivity index (χ1n) is 3.35. The Hall–Kier alpha value is -0.970. The Morgan fingerprint density at radius 2 is 2.08 bits per heavy atom. The summed E-state index contributed by atoms with van der Waals surface area (Å²) in [6, 6.07) is 0. The van der Waals surface area contributed by atoms with Crippen LogP contribution in [0.1, 0.15) is 6.42 Å². The van der Waals surface area contributed by atoms with Gasteiger partial charge in [0.1, 0.15) is 0 Å². The number of hydrogen-bond donors (Lipinski definition) is 2. The second kappa shape index (κ2) is 6.72. The first kappa shape index (κ1) is 11.0. The molecule has 0 unspecified atom stereocenters. The lowest BCUT2D eigenvalue weighted by molar-refractivity contribution is -0.138. The second-order valence-corrected chi connectivity index (χ2v) is 2.36. The molecule has 12 heavy (non-hydrogen) atoms. The van der Waals surface area contributed by atoms with Gasteiger partial charge in [-0.3, -0.25) is 0 Å². The van der Waals surface area contributed by atoms with Crippen molar-refractivity contribution in [2.24, 2.45) is 0 Å². The molecule has 4 nitrogen and oxygen atoms in total. The van der Waals surface area contributed by atoms with Gasteiger partial charge < -0.3 is 9.84 Å². The number of carbonyl (C=O) groups excluding carboxylic acids is 1. The van der Waals surface area contributed by atoms with Crippen LogP contribution in [0.3, 0.4) is 0 Å². The highest BCUT2D eigenvalue weighted by molar-refractivity contribution is 7.80. The Labute approximate surface area is 75.6 Å². The molecule has 0 radical (unpaired) electrons. The molecule has 0 aromatic rings. The zero-order chi connectivity index (χ0) is 9.40. The van der Waals surface area contributed by atoms with Crippen molar-refractivity contribution in [3.63, 3.8) is 0 Å². The summed E-state index contributed by atoms with van der Waals surface area (Å²) in [6.07, 6.45) is 2.28. The molecule has 68 valence electrons. The smallest absolute Gasteiger partial charge is 0.331 e. The van der Waals surface area contributed by atoms with E-state index in [4.69, 9.17) is 5.11 Å². The Morgan fingerprint density at radius 3 is 2.58 bits per heavy atom. The normalized spacial score (nSPS) is 10.1. The van der Waals surface area contributed by atoms with Gasteiger partial charge in [0.15, 0.2) is 0 Å². The molecule has 0 saturated heterocycles. The molecule has 0 rings (SSSR count). The van der Waals surface area contributed by atoms with Gasteiger partial charge in [-0.1, -0.05) is 0 Å². The third-order valence-electron chi connectivity index (χ3n) is 0.909. The fraction of sp³-hybridized carbons (Fsp3) is 0.429. The zero-order valence-corrected chi connectivity index (χ0v) is 7.29. The largest absolute Gasteiger partial charge is 0.478 e. The summed E-state index contributed by atoms with van der Waals surface area (Å²) in [5.41, 5.74) is 0. The van der Waals surface area contributed by atoms with Gasteiger partial charge in [-0.15, -0.1) is 0 Å². The topological polar surface area (TPSA) is 63.6 Å². The van der Waals surface area contributed by atoms with Crippen molar-refractivity contribution in [1.29, 1.82) is 0 Å². The predicted octanol–water partition coefficient (Wildman–Crippen LogP) is 0.490. The maximum atomic E-state index is 10.6. The number of carboxylic acid groups (broad SMARTS) is 1. The van der Waals surface area contributed by atoms with Crippen LogP contribution in [0.25, 0.3) is 0 Å². The molecule has 0 aliphatic carbocycles. The Balaban J connectivity index is 3.53. The standard InChI is InChI=1S/C7H10O4S/c8-6(9)2-3-7(10)11-4-1-5-12/h2-3,12H,1,4-5H2,(H,8,9). The van der Waals surface area contributed by atoms with Crippen LogP contribution in [0.5, 0.6) is 0 Å². The van der Waals surface area contributed by atoms with Crippen LogP contribution in [0.2, 0.25) is 0 Å². The van der Waals surface area contributed by atoms with E-state index in [0.29, 0.717) is 12.2 Å². The highest BCUT2D eigenvalue weighted by atomic mass is 32.1. The van der Waals surface area contributed by atoms with Crippen LogP contribution in [-0.4, -0.2) is 29.4 Å².